The molecule has 4 nitrogen and oxygen atoms in total. The highest BCUT2D eigenvalue weighted by Gasteiger charge is 2.20. The van der Waals surface area contributed by atoms with Crippen molar-refractivity contribution in [1.29, 1.82) is 0 Å². The molecule has 19 heavy (non-hydrogen) atoms. The third kappa shape index (κ3) is 2.97. The molecule has 2 aromatic rings. The van der Waals surface area contributed by atoms with Crippen molar-refractivity contribution in [3.63, 3.8) is 0 Å². The second-order valence-corrected chi connectivity index (χ2v) is 8.03. The molecule has 0 radical (unpaired) electrons. The summed E-state index contributed by atoms with van der Waals surface area (Å²) in [7, 11) is -3.62. The molecule has 0 bridgehead atoms. The fraction of sp³-hybridized carbons (Fsp3) is 0. The Kier molecular flexibility index (Phi) is 4.26. The maximum Gasteiger partial charge on any atom is 0.267 e. The molecule has 0 aromatic heterocycles. The first kappa shape index (κ1) is 14.9. The molecule has 0 atom stereocenters. The molecule has 0 fully saturated rings. The van der Waals surface area contributed by atoms with E-state index in [0.29, 0.717) is 12.9 Å². The number of halogens is 2. The van der Waals surface area contributed by atoms with Crippen molar-refractivity contribution in [3.8, 4) is 11.5 Å². The number of phenols is 1. The van der Waals surface area contributed by atoms with Gasteiger partial charge in [0, 0.05) is 6.07 Å². The number of phenolic OH excluding ortho intramolecular Hbond substituents is 1. The smallest absolute Gasteiger partial charge is 0.267 e. The molecule has 0 saturated carbocycles. The van der Waals surface area contributed by atoms with Gasteiger partial charge >= 0.3 is 0 Å². The first-order valence-corrected chi connectivity index (χ1v) is 8.71. The second-order valence-electron chi connectivity index (χ2n) is 3.76. The topological polar surface area (TPSA) is 77.3 Å². The predicted octanol–water partition coefficient (Wildman–Crippen LogP) is 2.87. The molecule has 0 saturated heterocycles. The Bertz CT molecular complexity index is 684. The quantitative estimate of drug-likeness (QED) is 0.506. The van der Waals surface area contributed by atoms with E-state index >= 15 is 0 Å². The lowest BCUT2D eigenvalue weighted by molar-refractivity contribution is 0.470. The summed E-state index contributed by atoms with van der Waals surface area (Å²) in [5.41, 5.74) is 0. The van der Waals surface area contributed by atoms with Crippen molar-refractivity contribution in [3.05, 3.63) is 43.5 Å². The van der Waals surface area contributed by atoms with E-state index < -0.39 is 9.84 Å². The van der Waals surface area contributed by atoms with E-state index in [2.05, 4.69) is 0 Å². The average molecular weight is 503 g/mol. The molecule has 0 aliphatic rings. The molecule has 0 spiro atoms. The van der Waals surface area contributed by atoms with E-state index in [0.717, 1.165) is 0 Å². The summed E-state index contributed by atoms with van der Waals surface area (Å²) >= 11 is 3.80. The third-order valence-corrected chi connectivity index (χ3v) is 5.99. The molecule has 2 rings (SSSR count). The van der Waals surface area contributed by atoms with Crippen molar-refractivity contribution in [2.45, 2.75) is 9.79 Å². The van der Waals surface area contributed by atoms with Gasteiger partial charge in [0.1, 0.15) is 9.32 Å². The number of benzene rings is 2. The molecular weight excluding hydrogens is 494 g/mol. The van der Waals surface area contributed by atoms with Gasteiger partial charge in [-0.1, -0.05) is 0 Å². The van der Waals surface area contributed by atoms with Crippen LogP contribution in [0.2, 0.25) is 0 Å². The van der Waals surface area contributed by atoms with E-state index in [1.165, 1.54) is 36.4 Å². The van der Waals surface area contributed by atoms with Crippen molar-refractivity contribution in [2.24, 2.45) is 0 Å². The van der Waals surface area contributed by atoms with Crippen molar-refractivity contribution in [1.82, 2.24) is 0 Å². The van der Waals surface area contributed by atoms with Crippen LogP contribution in [0.5, 0.6) is 11.5 Å². The lowest BCUT2D eigenvalue weighted by Gasteiger charge is -2.06. The monoisotopic (exact) mass is 503 g/mol. The minimum absolute atomic E-state index is 0.0515. The predicted molar refractivity (Wildman–Crippen MR) is 88.5 cm³/mol. The Labute approximate surface area is 137 Å². The normalized spacial score (nSPS) is 11.5. The Morgan fingerprint density at radius 3 is 2.00 bits per heavy atom. The summed E-state index contributed by atoms with van der Waals surface area (Å²) in [6.45, 7) is 0. The molecule has 0 amide bonds. The van der Waals surface area contributed by atoms with E-state index in [1.54, 1.807) is 0 Å². The van der Waals surface area contributed by atoms with Crippen LogP contribution in [0.4, 0.5) is 0 Å². The summed E-state index contributed by atoms with van der Waals surface area (Å²) in [6.07, 6.45) is 0. The zero-order chi connectivity index (χ0) is 14.2. The Hall–Kier alpha value is -0.550. The van der Waals surface area contributed by atoms with E-state index in [-0.39, 0.29) is 15.5 Å². The van der Waals surface area contributed by atoms with Crippen LogP contribution < -0.4 is 0 Å². The van der Waals surface area contributed by atoms with Crippen LogP contribution in [-0.2, 0) is 9.84 Å². The van der Waals surface area contributed by atoms with Crippen LogP contribution in [0.3, 0.4) is 0 Å². The third-order valence-electron chi connectivity index (χ3n) is 2.48. The van der Waals surface area contributed by atoms with E-state index in [4.69, 9.17) is 5.11 Å². The van der Waals surface area contributed by atoms with E-state index in [1.807, 2.05) is 45.2 Å². The molecule has 0 aliphatic carbocycles. The highest BCUT2D eigenvalue weighted by atomic mass is 127. The van der Waals surface area contributed by atoms with Gasteiger partial charge in [-0.05, 0) is 75.5 Å². The molecular formula is C12H9I2O4S+. The van der Waals surface area contributed by atoms with E-state index in [9.17, 15) is 13.5 Å². The summed E-state index contributed by atoms with van der Waals surface area (Å²) in [5.74, 6) is 0.343. The number of rotatable bonds is 2. The van der Waals surface area contributed by atoms with Gasteiger partial charge < -0.3 is 10.2 Å². The SMILES string of the molecule is O=S(=O)(c1ccc(O)c(I)c1)c1ccc([OH2+])c(I)c1. The van der Waals surface area contributed by atoms with Crippen LogP contribution in [0.25, 0.3) is 0 Å². The fourth-order valence-electron chi connectivity index (χ4n) is 1.45. The molecule has 0 heterocycles. The molecule has 7 heteroatoms. The van der Waals surface area contributed by atoms with Gasteiger partial charge in [0.15, 0.2) is 0 Å². The molecule has 100 valence electrons. The van der Waals surface area contributed by atoms with Gasteiger partial charge in [0.2, 0.25) is 9.84 Å². The molecule has 2 aromatic carbocycles. The van der Waals surface area contributed by atoms with Gasteiger partial charge in [-0.25, -0.2) is 8.42 Å². The van der Waals surface area contributed by atoms with Crippen LogP contribution >= 0.6 is 45.2 Å². The first-order valence-electron chi connectivity index (χ1n) is 5.07. The Balaban J connectivity index is 2.58. The second kappa shape index (κ2) is 5.44. The van der Waals surface area contributed by atoms with Crippen LogP contribution in [0, 0.1) is 7.14 Å². The first-order chi connectivity index (χ1) is 8.82. The standard InChI is InChI=1S/C12H8I2O4S/c13-9-5-7(1-3-11(9)15)19(17,18)8-2-4-12(16)10(14)6-8/h1-6,15-16H/p+1. The zero-order valence-corrected chi connectivity index (χ0v) is 14.5. The van der Waals surface area contributed by atoms with Gasteiger partial charge in [0.05, 0.1) is 13.4 Å². The fourth-order valence-corrected chi connectivity index (χ4v) is 4.22. The lowest BCUT2D eigenvalue weighted by atomic mass is 10.3. The summed E-state index contributed by atoms with van der Waals surface area (Å²) in [5, 5.41) is 17.0. The number of hydrogen-bond donors (Lipinski definition) is 1. The number of sulfone groups is 1. The van der Waals surface area contributed by atoms with Gasteiger partial charge in [0.25, 0.3) is 5.75 Å². The maximum absolute atomic E-state index is 12.4. The highest BCUT2D eigenvalue weighted by molar-refractivity contribution is 14.1. The number of aromatic hydroxyl groups is 1. The van der Waals surface area contributed by atoms with Gasteiger partial charge in [-0.3, -0.25) is 0 Å². The van der Waals surface area contributed by atoms with Crippen LogP contribution in [-0.4, -0.2) is 18.6 Å². The van der Waals surface area contributed by atoms with Crippen molar-refractivity contribution >= 4 is 55.0 Å². The van der Waals surface area contributed by atoms with Gasteiger partial charge in [-0.15, -0.1) is 0 Å². The molecule has 0 aliphatic heterocycles. The summed E-state index contributed by atoms with van der Waals surface area (Å²) in [4.78, 5) is 0.276. The largest absolute Gasteiger partial charge is 0.593 e. The minimum Gasteiger partial charge on any atom is -0.593 e. The van der Waals surface area contributed by atoms with Crippen LogP contribution in [0.15, 0.2) is 46.2 Å². The number of hydrogen-bond acceptors (Lipinski definition) is 3. The lowest BCUT2D eigenvalue weighted by Crippen LogP contribution is -2.02. The highest BCUT2D eigenvalue weighted by Crippen LogP contribution is 2.29. The Morgan fingerprint density at radius 2 is 1.47 bits per heavy atom. The van der Waals surface area contributed by atoms with Crippen LogP contribution in [0.1, 0.15) is 0 Å². The maximum atomic E-state index is 12.4. The summed E-state index contributed by atoms with van der Waals surface area (Å²) in [6, 6.07) is 8.50. The Morgan fingerprint density at radius 1 is 0.947 bits per heavy atom. The zero-order valence-electron chi connectivity index (χ0n) is 9.39. The van der Waals surface area contributed by atoms with Gasteiger partial charge in [-0.2, -0.15) is 0 Å². The van der Waals surface area contributed by atoms with Crippen molar-refractivity contribution in [2.75, 3.05) is 0 Å². The molecule has 3 N–H and O–H groups in total. The van der Waals surface area contributed by atoms with Crippen molar-refractivity contribution < 1.29 is 18.6 Å². The minimum atomic E-state index is -3.62. The summed E-state index contributed by atoms with van der Waals surface area (Å²) < 4.78 is 25.9. The average Bonchev–Trinajstić information content (AvgIpc) is 2.35. The molecule has 0 unspecified atom stereocenters.